The Hall–Kier alpha value is -2.41. The van der Waals surface area contributed by atoms with Gasteiger partial charge in [0.05, 0.1) is 30.6 Å². The SMILES string of the molecule is CC[C@@H](NC(=O)NCc1cn(-c2ccccc2)nn1)[C@@H]1CCCO1. The van der Waals surface area contributed by atoms with Crippen LogP contribution < -0.4 is 10.6 Å². The molecule has 2 heterocycles. The van der Waals surface area contributed by atoms with Gasteiger partial charge in [0.25, 0.3) is 0 Å². The van der Waals surface area contributed by atoms with E-state index in [4.69, 9.17) is 4.74 Å². The molecule has 0 unspecified atom stereocenters. The molecule has 7 heteroatoms. The Morgan fingerprint density at radius 1 is 1.42 bits per heavy atom. The molecule has 1 aliphatic rings. The molecule has 0 saturated carbocycles. The Balaban J connectivity index is 1.50. The quantitative estimate of drug-likeness (QED) is 0.849. The molecule has 24 heavy (non-hydrogen) atoms. The van der Waals surface area contributed by atoms with Crippen LogP contribution in [0.25, 0.3) is 5.69 Å². The standard InChI is InChI=1S/C17H23N5O2/c1-2-15(16-9-6-10-24-16)19-17(23)18-11-13-12-22(21-20-13)14-7-4-3-5-8-14/h3-5,7-8,12,15-16H,2,6,9-11H2,1H3,(H2,18,19,23)/t15-,16+/m1/s1. The van der Waals surface area contributed by atoms with Gasteiger partial charge in [-0.1, -0.05) is 30.3 Å². The molecule has 2 amide bonds. The van der Waals surface area contributed by atoms with Crippen LogP contribution in [0.4, 0.5) is 4.79 Å². The van der Waals surface area contributed by atoms with Gasteiger partial charge in [-0.15, -0.1) is 5.10 Å². The second kappa shape index (κ2) is 7.92. The van der Waals surface area contributed by atoms with Crippen LogP contribution in [-0.4, -0.2) is 39.8 Å². The lowest BCUT2D eigenvalue weighted by atomic mass is 10.1. The van der Waals surface area contributed by atoms with E-state index in [0.29, 0.717) is 12.2 Å². The van der Waals surface area contributed by atoms with Crippen LogP contribution in [-0.2, 0) is 11.3 Å². The predicted octanol–water partition coefficient (Wildman–Crippen LogP) is 2.02. The van der Waals surface area contributed by atoms with E-state index in [-0.39, 0.29) is 18.2 Å². The zero-order valence-corrected chi connectivity index (χ0v) is 13.8. The van der Waals surface area contributed by atoms with E-state index in [9.17, 15) is 4.79 Å². The Morgan fingerprint density at radius 3 is 2.96 bits per heavy atom. The third kappa shape index (κ3) is 4.11. The number of rotatable bonds is 6. The molecule has 2 aromatic rings. The average molecular weight is 329 g/mol. The Bertz CT molecular complexity index is 652. The van der Waals surface area contributed by atoms with Crippen LogP contribution in [0.2, 0.25) is 0 Å². The first kappa shape index (κ1) is 16.4. The number of carbonyl (C=O) groups is 1. The van der Waals surface area contributed by atoms with E-state index in [1.807, 2.05) is 36.5 Å². The lowest BCUT2D eigenvalue weighted by Crippen LogP contribution is -2.47. The number of benzene rings is 1. The number of amides is 2. The zero-order valence-electron chi connectivity index (χ0n) is 13.8. The number of nitrogens with one attached hydrogen (secondary N) is 2. The van der Waals surface area contributed by atoms with Crippen LogP contribution in [0, 0.1) is 0 Å². The molecule has 0 spiro atoms. The number of para-hydroxylation sites is 1. The van der Waals surface area contributed by atoms with Gasteiger partial charge in [-0.05, 0) is 31.4 Å². The van der Waals surface area contributed by atoms with Crippen LogP contribution in [0.3, 0.4) is 0 Å². The number of hydrogen-bond donors (Lipinski definition) is 2. The number of aromatic nitrogens is 3. The molecule has 0 bridgehead atoms. The highest BCUT2D eigenvalue weighted by Gasteiger charge is 2.25. The molecular formula is C17H23N5O2. The van der Waals surface area contributed by atoms with Gasteiger partial charge in [0, 0.05) is 6.61 Å². The van der Waals surface area contributed by atoms with Crippen molar-refractivity contribution >= 4 is 6.03 Å². The van der Waals surface area contributed by atoms with Gasteiger partial charge >= 0.3 is 6.03 Å². The molecule has 0 radical (unpaired) electrons. The number of nitrogens with zero attached hydrogens (tertiary/aromatic N) is 3. The summed E-state index contributed by atoms with van der Waals surface area (Å²) in [4.78, 5) is 12.1. The van der Waals surface area contributed by atoms with Crippen molar-refractivity contribution in [2.24, 2.45) is 0 Å². The Morgan fingerprint density at radius 2 is 2.25 bits per heavy atom. The van der Waals surface area contributed by atoms with Crippen LogP contribution >= 0.6 is 0 Å². The molecule has 2 atom stereocenters. The minimum absolute atomic E-state index is 0.0486. The van der Waals surface area contributed by atoms with Gasteiger partial charge in [-0.25, -0.2) is 9.48 Å². The summed E-state index contributed by atoms with van der Waals surface area (Å²) in [6.07, 6.45) is 4.85. The molecular weight excluding hydrogens is 306 g/mol. The van der Waals surface area contributed by atoms with Crippen molar-refractivity contribution in [1.82, 2.24) is 25.6 Å². The van der Waals surface area contributed by atoms with Crippen molar-refractivity contribution in [2.75, 3.05) is 6.61 Å². The molecule has 1 saturated heterocycles. The summed E-state index contributed by atoms with van der Waals surface area (Å²) < 4.78 is 7.34. The maximum atomic E-state index is 12.1. The summed E-state index contributed by atoms with van der Waals surface area (Å²) in [6, 6.07) is 9.58. The summed E-state index contributed by atoms with van der Waals surface area (Å²) in [5.41, 5.74) is 1.64. The third-order valence-electron chi connectivity index (χ3n) is 4.16. The van der Waals surface area contributed by atoms with E-state index >= 15 is 0 Å². The molecule has 1 fully saturated rings. The first-order chi connectivity index (χ1) is 11.8. The Kier molecular flexibility index (Phi) is 5.43. The summed E-state index contributed by atoms with van der Waals surface area (Å²) in [7, 11) is 0. The number of carbonyl (C=O) groups excluding carboxylic acids is 1. The second-order valence-corrected chi connectivity index (χ2v) is 5.88. The fourth-order valence-corrected chi connectivity index (χ4v) is 2.85. The van der Waals surface area contributed by atoms with Crippen molar-refractivity contribution in [1.29, 1.82) is 0 Å². The number of ether oxygens (including phenoxy) is 1. The first-order valence-electron chi connectivity index (χ1n) is 8.39. The fourth-order valence-electron chi connectivity index (χ4n) is 2.85. The molecule has 3 rings (SSSR count). The van der Waals surface area contributed by atoms with Crippen LogP contribution in [0.15, 0.2) is 36.5 Å². The highest BCUT2D eigenvalue weighted by molar-refractivity contribution is 5.74. The topological polar surface area (TPSA) is 81.1 Å². The molecule has 1 aromatic heterocycles. The van der Waals surface area contributed by atoms with E-state index in [1.54, 1.807) is 4.68 Å². The summed E-state index contributed by atoms with van der Waals surface area (Å²) in [5.74, 6) is 0. The monoisotopic (exact) mass is 329 g/mol. The van der Waals surface area contributed by atoms with Crippen molar-refractivity contribution in [3.05, 3.63) is 42.2 Å². The smallest absolute Gasteiger partial charge is 0.315 e. The van der Waals surface area contributed by atoms with Gasteiger partial charge in [-0.2, -0.15) is 0 Å². The van der Waals surface area contributed by atoms with E-state index in [1.165, 1.54) is 0 Å². The molecule has 7 nitrogen and oxygen atoms in total. The summed E-state index contributed by atoms with van der Waals surface area (Å²) in [6.45, 7) is 3.17. The summed E-state index contributed by atoms with van der Waals surface area (Å²) >= 11 is 0. The van der Waals surface area contributed by atoms with E-state index in [0.717, 1.165) is 31.6 Å². The zero-order chi connectivity index (χ0) is 16.8. The largest absolute Gasteiger partial charge is 0.376 e. The molecule has 2 N–H and O–H groups in total. The van der Waals surface area contributed by atoms with Crippen molar-refractivity contribution in [3.8, 4) is 5.69 Å². The first-order valence-corrected chi connectivity index (χ1v) is 8.39. The van der Waals surface area contributed by atoms with E-state index < -0.39 is 0 Å². The van der Waals surface area contributed by atoms with Gasteiger partial charge in [0.1, 0.15) is 5.69 Å². The van der Waals surface area contributed by atoms with Crippen molar-refractivity contribution < 1.29 is 9.53 Å². The van der Waals surface area contributed by atoms with Crippen molar-refractivity contribution in [2.45, 2.75) is 44.9 Å². The van der Waals surface area contributed by atoms with Gasteiger partial charge in [0.15, 0.2) is 0 Å². The molecule has 1 aromatic carbocycles. The van der Waals surface area contributed by atoms with Gasteiger partial charge in [-0.3, -0.25) is 0 Å². The van der Waals surface area contributed by atoms with Crippen LogP contribution in [0.1, 0.15) is 31.9 Å². The molecule has 128 valence electrons. The minimum Gasteiger partial charge on any atom is -0.376 e. The van der Waals surface area contributed by atoms with Crippen molar-refractivity contribution in [3.63, 3.8) is 0 Å². The number of urea groups is 1. The molecule has 0 aliphatic carbocycles. The highest BCUT2D eigenvalue weighted by atomic mass is 16.5. The second-order valence-electron chi connectivity index (χ2n) is 5.88. The van der Waals surface area contributed by atoms with Crippen LogP contribution in [0.5, 0.6) is 0 Å². The molecule has 1 aliphatic heterocycles. The van der Waals surface area contributed by atoms with Gasteiger partial charge < -0.3 is 15.4 Å². The maximum Gasteiger partial charge on any atom is 0.315 e. The van der Waals surface area contributed by atoms with Gasteiger partial charge in [0.2, 0.25) is 0 Å². The fraction of sp³-hybridized carbons (Fsp3) is 0.471. The lowest BCUT2D eigenvalue weighted by molar-refractivity contribution is 0.0796. The number of hydrogen-bond acceptors (Lipinski definition) is 4. The predicted molar refractivity (Wildman–Crippen MR) is 89.8 cm³/mol. The highest BCUT2D eigenvalue weighted by Crippen LogP contribution is 2.17. The van der Waals surface area contributed by atoms with E-state index in [2.05, 4.69) is 27.9 Å². The average Bonchev–Trinajstić information content (AvgIpc) is 3.30. The maximum absolute atomic E-state index is 12.1. The normalized spacial score (nSPS) is 18.3. The third-order valence-corrected chi connectivity index (χ3v) is 4.16. The lowest BCUT2D eigenvalue weighted by Gasteiger charge is -2.22. The summed E-state index contributed by atoms with van der Waals surface area (Å²) in [5, 5.41) is 14.0. The minimum atomic E-state index is -0.202. The Labute approximate surface area is 141 Å².